The standard InChI is InChI=1S/C10H10N2O2S/c1-3-10(15)11-8-4-5-9(12(13)14)7(2)6-8/h3-6H,1H2,2H3,(H,11,15). The van der Waals surface area contributed by atoms with Crippen molar-refractivity contribution in [3.05, 3.63) is 46.5 Å². The van der Waals surface area contributed by atoms with Crippen LogP contribution in [-0.4, -0.2) is 9.91 Å². The molecule has 0 fully saturated rings. The second-order valence-electron chi connectivity index (χ2n) is 2.95. The van der Waals surface area contributed by atoms with Crippen LogP contribution in [0.1, 0.15) is 5.56 Å². The summed E-state index contributed by atoms with van der Waals surface area (Å²) in [6.07, 6.45) is 1.51. The van der Waals surface area contributed by atoms with Crippen molar-refractivity contribution >= 4 is 28.6 Å². The van der Waals surface area contributed by atoms with Gasteiger partial charge in [-0.05, 0) is 25.1 Å². The number of hydrogen-bond donors (Lipinski definition) is 1. The first-order valence-electron chi connectivity index (χ1n) is 4.23. The molecule has 0 aliphatic rings. The molecule has 0 unspecified atom stereocenters. The summed E-state index contributed by atoms with van der Waals surface area (Å²) in [7, 11) is 0. The summed E-state index contributed by atoms with van der Waals surface area (Å²) in [5, 5.41) is 13.4. The van der Waals surface area contributed by atoms with E-state index in [4.69, 9.17) is 12.2 Å². The zero-order valence-corrected chi connectivity index (χ0v) is 9.00. The minimum atomic E-state index is -0.412. The summed E-state index contributed by atoms with van der Waals surface area (Å²) in [4.78, 5) is 10.6. The first-order chi connectivity index (χ1) is 7.04. The Morgan fingerprint density at radius 3 is 2.80 bits per heavy atom. The summed E-state index contributed by atoms with van der Waals surface area (Å²) in [5.74, 6) is 0. The van der Waals surface area contributed by atoms with Crippen LogP contribution in [0.3, 0.4) is 0 Å². The number of aryl methyl sites for hydroxylation is 1. The molecule has 0 aliphatic heterocycles. The molecule has 0 spiro atoms. The Morgan fingerprint density at radius 2 is 2.33 bits per heavy atom. The fraction of sp³-hybridized carbons (Fsp3) is 0.100. The van der Waals surface area contributed by atoms with Crippen molar-refractivity contribution in [2.75, 3.05) is 5.32 Å². The highest BCUT2D eigenvalue weighted by Crippen LogP contribution is 2.21. The van der Waals surface area contributed by atoms with Gasteiger partial charge in [-0.2, -0.15) is 0 Å². The molecule has 0 aromatic heterocycles. The van der Waals surface area contributed by atoms with Gasteiger partial charge in [0.05, 0.1) is 4.92 Å². The van der Waals surface area contributed by atoms with Gasteiger partial charge in [-0.15, -0.1) is 0 Å². The number of nitro groups is 1. The molecule has 1 aromatic carbocycles. The number of benzene rings is 1. The first-order valence-corrected chi connectivity index (χ1v) is 4.64. The van der Waals surface area contributed by atoms with E-state index >= 15 is 0 Å². The van der Waals surface area contributed by atoms with E-state index in [1.54, 1.807) is 19.1 Å². The fourth-order valence-corrected chi connectivity index (χ4v) is 1.25. The summed E-state index contributed by atoms with van der Waals surface area (Å²) in [6.45, 7) is 5.19. The molecule has 15 heavy (non-hydrogen) atoms. The molecule has 0 radical (unpaired) electrons. The zero-order chi connectivity index (χ0) is 11.4. The minimum Gasteiger partial charge on any atom is -0.347 e. The average Bonchev–Trinajstić information content (AvgIpc) is 2.17. The molecule has 4 nitrogen and oxygen atoms in total. The molecule has 0 amide bonds. The number of hydrogen-bond acceptors (Lipinski definition) is 3. The molecular weight excluding hydrogens is 212 g/mol. The lowest BCUT2D eigenvalue weighted by Gasteiger charge is -2.05. The van der Waals surface area contributed by atoms with Gasteiger partial charge in [-0.1, -0.05) is 18.8 Å². The van der Waals surface area contributed by atoms with Crippen molar-refractivity contribution in [2.45, 2.75) is 6.92 Å². The molecule has 0 saturated carbocycles. The van der Waals surface area contributed by atoms with Gasteiger partial charge in [0.1, 0.15) is 4.99 Å². The van der Waals surface area contributed by atoms with Crippen molar-refractivity contribution in [1.29, 1.82) is 0 Å². The van der Waals surface area contributed by atoms with Gasteiger partial charge >= 0.3 is 0 Å². The van der Waals surface area contributed by atoms with Crippen LogP contribution >= 0.6 is 12.2 Å². The topological polar surface area (TPSA) is 55.2 Å². The first kappa shape index (κ1) is 11.3. The summed E-state index contributed by atoms with van der Waals surface area (Å²) in [6, 6.07) is 4.73. The number of anilines is 1. The predicted octanol–water partition coefficient (Wildman–Crippen LogP) is 2.83. The van der Waals surface area contributed by atoms with E-state index in [1.807, 2.05) is 0 Å². The van der Waals surface area contributed by atoms with Crippen LogP contribution in [0.5, 0.6) is 0 Å². The van der Waals surface area contributed by atoms with E-state index in [1.165, 1.54) is 12.1 Å². The molecule has 0 atom stereocenters. The van der Waals surface area contributed by atoms with Crippen LogP contribution in [0.2, 0.25) is 0 Å². The van der Waals surface area contributed by atoms with Crippen molar-refractivity contribution in [3.63, 3.8) is 0 Å². The third kappa shape index (κ3) is 2.85. The molecule has 0 heterocycles. The lowest BCUT2D eigenvalue weighted by atomic mass is 10.2. The molecule has 1 rings (SSSR count). The highest BCUT2D eigenvalue weighted by molar-refractivity contribution is 7.81. The van der Waals surface area contributed by atoms with Crippen LogP contribution < -0.4 is 5.32 Å². The monoisotopic (exact) mass is 222 g/mol. The highest BCUT2D eigenvalue weighted by atomic mass is 32.1. The molecular formula is C10H10N2O2S. The van der Waals surface area contributed by atoms with Gasteiger partial charge in [0.25, 0.3) is 5.69 Å². The van der Waals surface area contributed by atoms with E-state index in [9.17, 15) is 10.1 Å². The molecule has 0 saturated heterocycles. The van der Waals surface area contributed by atoms with Gasteiger partial charge in [0.2, 0.25) is 0 Å². The van der Waals surface area contributed by atoms with Crippen LogP contribution in [0.4, 0.5) is 11.4 Å². The van der Waals surface area contributed by atoms with Crippen molar-refractivity contribution < 1.29 is 4.92 Å². The van der Waals surface area contributed by atoms with Crippen molar-refractivity contribution in [1.82, 2.24) is 0 Å². The molecule has 1 N–H and O–H groups in total. The summed E-state index contributed by atoms with van der Waals surface area (Å²) >= 11 is 4.90. The summed E-state index contributed by atoms with van der Waals surface area (Å²) in [5.41, 5.74) is 1.42. The number of nitrogens with zero attached hydrogens (tertiary/aromatic N) is 1. The predicted molar refractivity (Wildman–Crippen MR) is 64.3 cm³/mol. The van der Waals surface area contributed by atoms with E-state index in [0.29, 0.717) is 10.6 Å². The van der Waals surface area contributed by atoms with Crippen LogP contribution in [-0.2, 0) is 0 Å². The average molecular weight is 222 g/mol. The Bertz CT molecular complexity index is 429. The maximum atomic E-state index is 10.6. The molecule has 5 heteroatoms. The number of thiocarbonyl (C=S) groups is 1. The second-order valence-corrected chi connectivity index (χ2v) is 3.39. The van der Waals surface area contributed by atoms with Crippen LogP contribution in [0.15, 0.2) is 30.9 Å². The molecule has 0 aliphatic carbocycles. The molecule has 0 bridgehead atoms. The lowest BCUT2D eigenvalue weighted by molar-refractivity contribution is -0.385. The highest BCUT2D eigenvalue weighted by Gasteiger charge is 2.09. The molecule has 1 aromatic rings. The Balaban J connectivity index is 2.96. The molecule has 78 valence electrons. The van der Waals surface area contributed by atoms with Crippen molar-refractivity contribution in [3.8, 4) is 0 Å². The third-order valence-electron chi connectivity index (χ3n) is 1.85. The van der Waals surface area contributed by atoms with E-state index < -0.39 is 4.92 Å². The van der Waals surface area contributed by atoms with Crippen LogP contribution in [0.25, 0.3) is 0 Å². The van der Waals surface area contributed by atoms with Crippen molar-refractivity contribution in [2.24, 2.45) is 0 Å². The van der Waals surface area contributed by atoms with Crippen LogP contribution in [0, 0.1) is 17.0 Å². The quantitative estimate of drug-likeness (QED) is 0.370. The van der Waals surface area contributed by atoms with Gasteiger partial charge in [-0.25, -0.2) is 0 Å². The van der Waals surface area contributed by atoms with Gasteiger partial charge in [0.15, 0.2) is 0 Å². The van der Waals surface area contributed by atoms with E-state index in [2.05, 4.69) is 11.9 Å². The third-order valence-corrected chi connectivity index (χ3v) is 2.12. The Morgan fingerprint density at radius 1 is 1.67 bits per heavy atom. The largest absolute Gasteiger partial charge is 0.347 e. The number of nitrogens with one attached hydrogen (secondary N) is 1. The Labute approximate surface area is 92.8 Å². The zero-order valence-electron chi connectivity index (χ0n) is 8.19. The van der Waals surface area contributed by atoms with Gasteiger partial charge in [-0.3, -0.25) is 10.1 Å². The van der Waals surface area contributed by atoms with E-state index in [-0.39, 0.29) is 5.69 Å². The fourth-order valence-electron chi connectivity index (χ4n) is 1.13. The van der Waals surface area contributed by atoms with Gasteiger partial charge in [0, 0.05) is 17.3 Å². The number of rotatable bonds is 3. The Hall–Kier alpha value is -1.75. The minimum absolute atomic E-state index is 0.102. The second kappa shape index (κ2) is 4.65. The lowest BCUT2D eigenvalue weighted by Crippen LogP contribution is -2.05. The smallest absolute Gasteiger partial charge is 0.272 e. The normalized spacial score (nSPS) is 9.40. The summed E-state index contributed by atoms with van der Waals surface area (Å²) < 4.78 is 0. The van der Waals surface area contributed by atoms with Gasteiger partial charge < -0.3 is 5.32 Å². The number of nitro benzene ring substituents is 1. The SMILES string of the molecule is C=CC(=S)Nc1ccc([N+](=O)[O-])c(C)c1. The maximum absolute atomic E-state index is 10.6. The Kier molecular flexibility index (Phi) is 3.51. The van der Waals surface area contributed by atoms with E-state index in [0.717, 1.165) is 5.69 Å². The maximum Gasteiger partial charge on any atom is 0.272 e.